The third-order valence-electron chi connectivity index (χ3n) is 3.66. The maximum atomic E-state index is 13.2. The van der Waals surface area contributed by atoms with Gasteiger partial charge >= 0.3 is 11.8 Å². The van der Waals surface area contributed by atoms with Crippen molar-refractivity contribution in [3.05, 3.63) is 29.0 Å². The summed E-state index contributed by atoms with van der Waals surface area (Å²) in [5.74, 6) is -2.58. The van der Waals surface area contributed by atoms with Gasteiger partial charge in [0.25, 0.3) is 0 Å². The zero-order valence-electron chi connectivity index (χ0n) is 12.7. The van der Waals surface area contributed by atoms with Crippen molar-refractivity contribution < 1.29 is 19.1 Å². The molecule has 2 amide bonds. The van der Waals surface area contributed by atoms with E-state index in [-0.39, 0.29) is 23.2 Å². The van der Waals surface area contributed by atoms with Gasteiger partial charge in [0.15, 0.2) is 0 Å². The van der Waals surface area contributed by atoms with Crippen LogP contribution in [-0.4, -0.2) is 29.1 Å². The Morgan fingerprint density at radius 3 is 2.59 bits per heavy atom. The largest absolute Gasteiger partial charge is 0.388 e. The van der Waals surface area contributed by atoms with Crippen LogP contribution >= 0.6 is 11.6 Å². The molecule has 3 N–H and O–H groups in total. The molecule has 0 saturated heterocycles. The Morgan fingerprint density at radius 1 is 1.41 bits per heavy atom. The fraction of sp³-hybridized carbons (Fsp3) is 0.467. The highest BCUT2D eigenvalue weighted by molar-refractivity contribution is 6.39. The third-order valence-corrected chi connectivity index (χ3v) is 3.97. The minimum Gasteiger partial charge on any atom is -0.388 e. The average molecular weight is 331 g/mol. The lowest BCUT2D eigenvalue weighted by Crippen LogP contribution is -2.47. The molecule has 0 radical (unpaired) electrons. The molecule has 122 valence electrons. The van der Waals surface area contributed by atoms with Crippen LogP contribution in [-0.2, 0) is 9.59 Å². The summed E-state index contributed by atoms with van der Waals surface area (Å²) in [7, 11) is 0. The standard InChI is InChI=1S/C15H20ClFN2O3/c1-4-9(2)15(3,22)8-18-13(20)14(21)19-10-5-6-11(16)12(17)7-10/h5-7,9,22H,4,8H2,1-3H3,(H,18,20)(H,19,21). The van der Waals surface area contributed by atoms with Gasteiger partial charge in [-0.3, -0.25) is 9.59 Å². The van der Waals surface area contributed by atoms with E-state index < -0.39 is 23.2 Å². The first kappa shape index (κ1) is 18.4. The normalized spacial score (nSPS) is 14.8. The van der Waals surface area contributed by atoms with Crippen molar-refractivity contribution in [1.29, 1.82) is 0 Å². The summed E-state index contributed by atoms with van der Waals surface area (Å²) in [6.07, 6.45) is 0.735. The van der Waals surface area contributed by atoms with E-state index in [1.807, 2.05) is 13.8 Å². The number of halogens is 2. The second kappa shape index (κ2) is 7.56. The second-order valence-electron chi connectivity index (χ2n) is 5.43. The highest BCUT2D eigenvalue weighted by atomic mass is 35.5. The van der Waals surface area contributed by atoms with E-state index in [2.05, 4.69) is 10.6 Å². The van der Waals surface area contributed by atoms with Crippen molar-refractivity contribution in [3.8, 4) is 0 Å². The Bertz CT molecular complexity index is 564. The number of hydrogen-bond acceptors (Lipinski definition) is 3. The molecular formula is C15H20ClFN2O3. The number of anilines is 1. The second-order valence-corrected chi connectivity index (χ2v) is 5.84. The predicted octanol–water partition coefficient (Wildman–Crippen LogP) is 2.33. The molecule has 1 aromatic carbocycles. The topological polar surface area (TPSA) is 78.4 Å². The van der Waals surface area contributed by atoms with Crippen LogP contribution in [0, 0.1) is 11.7 Å². The minimum atomic E-state index is -1.11. The van der Waals surface area contributed by atoms with Gasteiger partial charge in [-0.05, 0) is 31.0 Å². The van der Waals surface area contributed by atoms with Crippen LogP contribution < -0.4 is 10.6 Å². The van der Waals surface area contributed by atoms with Crippen molar-refractivity contribution in [3.63, 3.8) is 0 Å². The lowest BCUT2D eigenvalue weighted by molar-refractivity contribution is -0.137. The van der Waals surface area contributed by atoms with Gasteiger partial charge in [-0.1, -0.05) is 31.9 Å². The summed E-state index contributed by atoms with van der Waals surface area (Å²) >= 11 is 5.53. The molecule has 0 heterocycles. The lowest BCUT2D eigenvalue weighted by Gasteiger charge is -2.29. The highest BCUT2D eigenvalue weighted by Crippen LogP contribution is 2.19. The number of benzene rings is 1. The van der Waals surface area contributed by atoms with E-state index in [4.69, 9.17) is 11.6 Å². The number of aliphatic hydroxyl groups is 1. The van der Waals surface area contributed by atoms with Crippen molar-refractivity contribution in [2.24, 2.45) is 5.92 Å². The third kappa shape index (κ3) is 4.96. The van der Waals surface area contributed by atoms with Crippen molar-refractivity contribution in [1.82, 2.24) is 5.32 Å². The first-order valence-corrected chi connectivity index (χ1v) is 7.31. The first-order valence-electron chi connectivity index (χ1n) is 6.94. The molecule has 2 atom stereocenters. The first-order chi connectivity index (χ1) is 10.2. The molecule has 0 spiro atoms. The molecule has 0 aliphatic heterocycles. The summed E-state index contributed by atoms with van der Waals surface area (Å²) in [4.78, 5) is 23.4. The molecule has 1 aromatic rings. The summed E-state index contributed by atoms with van der Waals surface area (Å²) in [6, 6.07) is 3.67. The van der Waals surface area contributed by atoms with E-state index >= 15 is 0 Å². The molecule has 5 nitrogen and oxygen atoms in total. The van der Waals surface area contributed by atoms with E-state index in [0.717, 1.165) is 12.5 Å². The highest BCUT2D eigenvalue weighted by Gasteiger charge is 2.28. The number of carbonyl (C=O) groups excluding carboxylic acids is 2. The summed E-state index contributed by atoms with van der Waals surface area (Å²) in [6.45, 7) is 5.31. The van der Waals surface area contributed by atoms with Gasteiger partial charge in [0.1, 0.15) is 5.82 Å². The fourth-order valence-electron chi connectivity index (χ4n) is 1.72. The number of rotatable bonds is 5. The Morgan fingerprint density at radius 2 is 2.05 bits per heavy atom. The van der Waals surface area contributed by atoms with Gasteiger partial charge in [-0.25, -0.2) is 4.39 Å². The van der Waals surface area contributed by atoms with Gasteiger partial charge < -0.3 is 15.7 Å². The SMILES string of the molecule is CCC(C)C(C)(O)CNC(=O)C(=O)Nc1ccc(Cl)c(F)c1. The molecule has 0 fully saturated rings. The van der Waals surface area contributed by atoms with E-state index in [0.29, 0.717) is 0 Å². The van der Waals surface area contributed by atoms with Crippen LogP contribution in [0.5, 0.6) is 0 Å². The Kier molecular flexibility index (Phi) is 6.32. The van der Waals surface area contributed by atoms with Crippen LogP contribution in [0.15, 0.2) is 18.2 Å². The Balaban J connectivity index is 2.59. The smallest absolute Gasteiger partial charge is 0.313 e. The molecule has 0 saturated carbocycles. The maximum Gasteiger partial charge on any atom is 0.313 e. The molecule has 2 unspecified atom stereocenters. The zero-order valence-corrected chi connectivity index (χ0v) is 13.5. The summed E-state index contributed by atoms with van der Waals surface area (Å²) in [5, 5.41) is 14.7. The van der Waals surface area contributed by atoms with Crippen LogP contribution in [0.25, 0.3) is 0 Å². The lowest BCUT2D eigenvalue weighted by atomic mass is 9.89. The van der Waals surface area contributed by atoms with Gasteiger partial charge in [-0.2, -0.15) is 0 Å². The number of carbonyl (C=O) groups is 2. The average Bonchev–Trinajstić information content (AvgIpc) is 2.47. The van der Waals surface area contributed by atoms with Crippen LogP contribution in [0.2, 0.25) is 5.02 Å². The molecule has 1 rings (SSSR count). The number of amides is 2. The van der Waals surface area contributed by atoms with Crippen molar-refractivity contribution in [2.45, 2.75) is 32.8 Å². The van der Waals surface area contributed by atoms with Crippen LogP contribution in [0.4, 0.5) is 10.1 Å². The Labute approximate surface area is 133 Å². The van der Waals surface area contributed by atoms with Crippen molar-refractivity contribution in [2.75, 3.05) is 11.9 Å². The fourth-order valence-corrected chi connectivity index (χ4v) is 1.83. The van der Waals surface area contributed by atoms with Crippen molar-refractivity contribution >= 4 is 29.1 Å². The number of hydrogen-bond donors (Lipinski definition) is 3. The van der Waals surface area contributed by atoms with Gasteiger partial charge in [0.2, 0.25) is 0 Å². The van der Waals surface area contributed by atoms with Gasteiger partial charge in [0.05, 0.1) is 10.6 Å². The zero-order chi connectivity index (χ0) is 16.9. The molecule has 0 bridgehead atoms. The molecular weight excluding hydrogens is 311 g/mol. The van der Waals surface area contributed by atoms with E-state index in [1.54, 1.807) is 6.92 Å². The molecule has 0 aliphatic rings. The van der Waals surface area contributed by atoms with E-state index in [1.165, 1.54) is 12.1 Å². The van der Waals surface area contributed by atoms with Crippen LogP contribution in [0.1, 0.15) is 27.2 Å². The monoisotopic (exact) mass is 330 g/mol. The molecule has 22 heavy (non-hydrogen) atoms. The summed E-state index contributed by atoms with van der Waals surface area (Å²) in [5.41, 5.74) is -0.993. The predicted molar refractivity (Wildman–Crippen MR) is 83.1 cm³/mol. The van der Waals surface area contributed by atoms with E-state index in [9.17, 15) is 19.1 Å². The van der Waals surface area contributed by atoms with Crippen LogP contribution in [0.3, 0.4) is 0 Å². The van der Waals surface area contributed by atoms with Gasteiger partial charge in [-0.15, -0.1) is 0 Å². The summed E-state index contributed by atoms with van der Waals surface area (Å²) < 4.78 is 13.2. The maximum absolute atomic E-state index is 13.2. The number of nitrogens with one attached hydrogen (secondary N) is 2. The van der Waals surface area contributed by atoms with Gasteiger partial charge in [0, 0.05) is 12.2 Å². The molecule has 7 heteroatoms. The minimum absolute atomic E-state index is 0.0405. The molecule has 0 aliphatic carbocycles. The molecule has 0 aromatic heterocycles. The quantitative estimate of drug-likeness (QED) is 0.725. The Hall–Kier alpha value is -1.66.